The van der Waals surface area contributed by atoms with Crippen LogP contribution in [0.2, 0.25) is 0 Å². The average Bonchev–Trinajstić information content (AvgIpc) is 3.07. The number of nitriles is 1. The van der Waals surface area contributed by atoms with Crippen molar-refractivity contribution >= 4 is 43.4 Å². The summed E-state index contributed by atoms with van der Waals surface area (Å²) in [6, 6.07) is 48.7. The van der Waals surface area contributed by atoms with Crippen LogP contribution >= 0.6 is 0 Å². The monoisotopic (exact) mass is 533 g/mol. The molecular formula is C39H23N3. The number of hydrogen-bond donors (Lipinski definition) is 0. The minimum atomic E-state index is 0.672. The second-order valence-corrected chi connectivity index (χ2v) is 10.6. The van der Waals surface area contributed by atoms with Gasteiger partial charge in [-0.1, -0.05) is 91.0 Å². The molecule has 0 radical (unpaired) electrons. The van der Waals surface area contributed by atoms with Crippen molar-refractivity contribution in [3.8, 4) is 39.6 Å². The van der Waals surface area contributed by atoms with E-state index in [4.69, 9.17) is 10.2 Å². The van der Waals surface area contributed by atoms with Crippen molar-refractivity contribution in [3.63, 3.8) is 0 Å². The van der Waals surface area contributed by atoms with E-state index in [0.29, 0.717) is 5.56 Å². The van der Waals surface area contributed by atoms with Crippen LogP contribution < -0.4 is 0 Å². The normalized spacial score (nSPS) is 11.3. The lowest BCUT2D eigenvalue weighted by Crippen LogP contribution is -1.90. The molecule has 2 heterocycles. The highest BCUT2D eigenvalue weighted by atomic mass is 14.8. The molecule has 0 bridgehead atoms. The highest BCUT2D eigenvalue weighted by Crippen LogP contribution is 2.34. The number of nitrogens with zero attached hydrogens (tertiary/aromatic N) is 3. The summed E-state index contributed by atoms with van der Waals surface area (Å²) in [5, 5.41) is 16.0. The second-order valence-electron chi connectivity index (χ2n) is 10.6. The van der Waals surface area contributed by atoms with E-state index in [1.807, 2.05) is 36.5 Å². The molecule has 0 unspecified atom stereocenters. The maximum absolute atomic E-state index is 9.10. The number of hydrogen-bond acceptors (Lipinski definition) is 3. The molecule has 0 N–H and O–H groups in total. The molecule has 0 spiro atoms. The molecular weight excluding hydrogens is 510 g/mol. The van der Waals surface area contributed by atoms with Gasteiger partial charge >= 0.3 is 0 Å². The molecule has 0 atom stereocenters. The van der Waals surface area contributed by atoms with E-state index in [2.05, 4.69) is 114 Å². The molecule has 6 aromatic carbocycles. The van der Waals surface area contributed by atoms with Crippen molar-refractivity contribution < 1.29 is 0 Å². The zero-order chi connectivity index (χ0) is 28.0. The molecule has 8 rings (SSSR count). The lowest BCUT2D eigenvalue weighted by atomic mass is 9.94. The molecule has 42 heavy (non-hydrogen) atoms. The summed E-state index contributed by atoms with van der Waals surface area (Å²) in [7, 11) is 0. The van der Waals surface area contributed by atoms with E-state index in [-0.39, 0.29) is 0 Å². The molecule has 0 aliphatic carbocycles. The zero-order valence-electron chi connectivity index (χ0n) is 22.6. The maximum atomic E-state index is 9.10. The standard InChI is InChI=1S/C39H23N3/c40-24-25-6-8-26(9-7-25)29-12-13-31-22-32(15-14-30(31)21-29)33-16-18-35-34(23-33)3-1-5-36(35)37-19-17-28-11-10-27-4-2-20-41-38(27)39(28)42-37/h1-23H. The zero-order valence-corrected chi connectivity index (χ0v) is 22.6. The van der Waals surface area contributed by atoms with Crippen molar-refractivity contribution in [1.29, 1.82) is 5.26 Å². The Morgan fingerprint density at radius 2 is 1.07 bits per heavy atom. The van der Waals surface area contributed by atoms with E-state index < -0.39 is 0 Å². The Hall–Kier alpha value is -5.85. The van der Waals surface area contributed by atoms with Gasteiger partial charge in [0.05, 0.1) is 28.4 Å². The van der Waals surface area contributed by atoms with Gasteiger partial charge in [0.15, 0.2) is 0 Å². The largest absolute Gasteiger partial charge is 0.254 e. The van der Waals surface area contributed by atoms with Crippen LogP contribution in [0.5, 0.6) is 0 Å². The van der Waals surface area contributed by atoms with Crippen molar-refractivity contribution in [2.45, 2.75) is 0 Å². The molecule has 3 nitrogen and oxygen atoms in total. The highest BCUT2D eigenvalue weighted by Gasteiger charge is 2.10. The fraction of sp³-hybridized carbons (Fsp3) is 0. The third-order valence-electron chi connectivity index (χ3n) is 8.11. The first kappa shape index (κ1) is 24.0. The Morgan fingerprint density at radius 3 is 1.83 bits per heavy atom. The van der Waals surface area contributed by atoms with Gasteiger partial charge in [-0.05, 0) is 86.3 Å². The Labute approximate surface area is 243 Å². The predicted molar refractivity (Wildman–Crippen MR) is 173 cm³/mol. The Balaban J connectivity index is 1.17. The topological polar surface area (TPSA) is 49.6 Å². The minimum Gasteiger partial charge on any atom is -0.254 e. The maximum Gasteiger partial charge on any atom is 0.0991 e. The molecule has 0 aliphatic heterocycles. The summed E-state index contributed by atoms with van der Waals surface area (Å²) >= 11 is 0. The number of pyridine rings is 2. The smallest absolute Gasteiger partial charge is 0.0991 e. The van der Waals surface area contributed by atoms with E-state index in [1.165, 1.54) is 32.7 Å². The van der Waals surface area contributed by atoms with E-state index in [1.54, 1.807) is 0 Å². The van der Waals surface area contributed by atoms with E-state index >= 15 is 0 Å². The van der Waals surface area contributed by atoms with Gasteiger partial charge in [0, 0.05) is 22.5 Å². The van der Waals surface area contributed by atoms with Crippen LogP contribution in [0.1, 0.15) is 5.56 Å². The molecule has 194 valence electrons. The molecule has 0 saturated heterocycles. The van der Waals surface area contributed by atoms with Gasteiger partial charge in [0.25, 0.3) is 0 Å². The first-order valence-corrected chi connectivity index (χ1v) is 14.0. The van der Waals surface area contributed by atoms with E-state index in [9.17, 15) is 0 Å². The molecule has 8 aromatic rings. The summed E-state index contributed by atoms with van der Waals surface area (Å²) < 4.78 is 0. The molecule has 3 heteroatoms. The van der Waals surface area contributed by atoms with Crippen molar-refractivity contribution in [2.75, 3.05) is 0 Å². The number of benzene rings is 6. The Bertz CT molecular complexity index is 2360. The summed E-state index contributed by atoms with van der Waals surface area (Å²) in [6.45, 7) is 0. The van der Waals surface area contributed by atoms with E-state index in [0.717, 1.165) is 44.2 Å². The van der Waals surface area contributed by atoms with Crippen molar-refractivity contribution in [2.24, 2.45) is 0 Å². The van der Waals surface area contributed by atoms with Crippen LogP contribution in [0, 0.1) is 11.3 Å². The SMILES string of the molecule is N#Cc1ccc(-c2ccc3cc(-c4ccc5c(-c6ccc7ccc8cccnc8c7n6)cccc5c4)ccc3c2)cc1. The highest BCUT2D eigenvalue weighted by molar-refractivity contribution is 6.05. The Kier molecular flexibility index (Phi) is 5.52. The van der Waals surface area contributed by atoms with Crippen molar-refractivity contribution in [3.05, 3.63) is 145 Å². The Morgan fingerprint density at radius 1 is 0.476 bits per heavy atom. The molecule has 0 saturated carbocycles. The fourth-order valence-corrected chi connectivity index (χ4v) is 5.90. The van der Waals surface area contributed by atoms with Crippen LogP contribution in [0.15, 0.2) is 140 Å². The first-order valence-electron chi connectivity index (χ1n) is 14.0. The third-order valence-corrected chi connectivity index (χ3v) is 8.11. The first-order chi connectivity index (χ1) is 20.7. The summed E-state index contributed by atoms with van der Waals surface area (Å²) in [5.74, 6) is 0. The van der Waals surface area contributed by atoms with Gasteiger partial charge < -0.3 is 0 Å². The number of rotatable bonds is 3. The van der Waals surface area contributed by atoms with Gasteiger partial charge in [-0.2, -0.15) is 5.26 Å². The van der Waals surface area contributed by atoms with Crippen LogP contribution in [0.25, 0.3) is 76.9 Å². The fourth-order valence-electron chi connectivity index (χ4n) is 5.90. The van der Waals surface area contributed by atoms with Gasteiger partial charge in [-0.25, -0.2) is 4.98 Å². The third kappa shape index (κ3) is 4.06. The van der Waals surface area contributed by atoms with Gasteiger partial charge in [-0.3, -0.25) is 4.98 Å². The van der Waals surface area contributed by atoms with Crippen LogP contribution in [0.3, 0.4) is 0 Å². The summed E-state index contributed by atoms with van der Waals surface area (Å²) in [5.41, 5.74) is 9.20. The molecule has 2 aromatic heterocycles. The molecule has 0 fully saturated rings. The number of aromatic nitrogens is 2. The predicted octanol–water partition coefficient (Wildman–Crippen LogP) is 9.96. The molecule has 0 aliphatic rings. The summed E-state index contributed by atoms with van der Waals surface area (Å²) in [4.78, 5) is 9.73. The molecule has 0 amide bonds. The van der Waals surface area contributed by atoms with Crippen LogP contribution in [-0.4, -0.2) is 9.97 Å². The van der Waals surface area contributed by atoms with Crippen LogP contribution in [-0.2, 0) is 0 Å². The van der Waals surface area contributed by atoms with Crippen LogP contribution in [0.4, 0.5) is 0 Å². The number of fused-ring (bicyclic) bond motifs is 5. The van der Waals surface area contributed by atoms with Crippen molar-refractivity contribution in [1.82, 2.24) is 9.97 Å². The quantitative estimate of drug-likeness (QED) is 0.212. The van der Waals surface area contributed by atoms with Gasteiger partial charge in [0.2, 0.25) is 0 Å². The second kappa shape index (κ2) is 9.66. The lowest BCUT2D eigenvalue weighted by Gasteiger charge is -2.11. The minimum absolute atomic E-state index is 0.672. The summed E-state index contributed by atoms with van der Waals surface area (Å²) in [6.07, 6.45) is 1.83. The lowest BCUT2D eigenvalue weighted by molar-refractivity contribution is 1.37. The van der Waals surface area contributed by atoms with Gasteiger partial charge in [-0.15, -0.1) is 0 Å². The average molecular weight is 534 g/mol. The van der Waals surface area contributed by atoms with Gasteiger partial charge in [0.1, 0.15) is 0 Å².